The molecule has 0 unspecified atom stereocenters. The Morgan fingerprint density at radius 3 is 2.63 bits per heavy atom. The van der Waals surface area contributed by atoms with Crippen molar-refractivity contribution in [2.75, 3.05) is 37.3 Å². The summed E-state index contributed by atoms with van der Waals surface area (Å²) >= 11 is 0. The van der Waals surface area contributed by atoms with Gasteiger partial charge in [0.15, 0.2) is 0 Å². The predicted molar refractivity (Wildman–Crippen MR) is 143 cm³/mol. The van der Waals surface area contributed by atoms with Crippen LogP contribution in [0, 0.1) is 29.0 Å². The topological polar surface area (TPSA) is 132 Å². The van der Waals surface area contributed by atoms with Crippen LogP contribution in [-0.2, 0) is 9.53 Å². The third-order valence-electron chi connectivity index (χ3n) is 4.79. The van der Waals surface area contributed by atoms with Gasteiger partial charge >= 0.3 is 6.09 Å². The lowest BCUT2D eigenvalue weighted by Gasteiger charge is -2.24. The maximum Gasteiger partial charge on any atom is 0.410 e. The monoisotopic (exact) mass is 523 g/mol. The number of aromatic nitrogens is 2. The molecule has 2 aromatic rings. The molecule has 0 aliphatic rings. The fraction of sp³-hybridized carbons (Fsp3) is 0.444. The van der Waals surface area contributed by atoms with Crippen LogP contribution in [0.25, 0.3) is 0 Å². The smallest absolute Gasteiger partial charge is 0.410 e. The van der Waals surface area contributed by atoms with Gasteiger partial charge in [-0.05, 0) is 51.8 Å². The van der Waals surface area contributed by atoms with Gasteiger partial charge in [0.2, 0.25) is 11.9 Å². The Labute approximate surface area is 223 Å². The van der Waals surface area contributed by atoms with E-state index in [1.807, 2.05) is 6.92 Å². The van der Waals surface area contributed by atoms with Crippen LogP contribution in [0.5, 0.6) is 0 Å². The molecular weight excluding hydrogens is 489 g/mol. The Morgan fingerprint density at radius 2 is 1.97 bits per heavy atom. The SMILES string of the molecule is CCCNc1nc(Nc2ccc(C#N)c(F)c2)ncc1C#CCCCNC(=O)CN(C)C(=O)OC(C)(C)C. The fourth-order valence-corrected chi connectivity index (χ4v) is 2.96. The van der Waals surface area contributed by atoms with Gasteiger partial charge in [0.25, 0.3) is 0 Å². The lowest BCUT2D eigenvalue weighted by molar-refractivity contribution is -0.122. The number of rotatable bonds is 10. The minimum absolute atomic E-state index is 0.0416. The van der Waals surface area contributed by atoms with Gasteiger partial charge in [-0.3, -0.25) is 4.79 Å². The number of hydrogen-bond donors (Lipinski definition) is 3. The van der Waals surface area contributed by atoms with E-state index in [1.165, 1.54) is 24.1 Å². The molecule has 0 saturated heterocycles. The lowest BCUT2D eigenvalue weighted by atomic mass is 10.2. The predicted octanol–water partition coefficient (Wildman–Crippen LogP) is 4.17. The molecule has 2 rings (SSSR count). The molecule has 0 spiro atoms. The fourth-order valence-electron chi connectivity index (χ4n) is 2.96. The van der Waals surface area contributed by atoms with Crippen LogP contribution in [0.15, 0.2) is 24.4 Å². The van der Waals surface area contributed by atoms with E-state index < -0.39 is 17.5 Å². The number of carbonyl (C=O) groups is 2. The van der Waals surface area contributed by atoms with Gasteiger partial charge in [0.05, 0.1) is 17.3 Å². The average Bonchev–Trinajstić information content (AvgIpc) is 2.84. The zero-order valence-corrected chi connectivity index (χ0v) is 22.4. The molecule has 38 heavy (non-hydrogen) atoms. The molecule has 202 valence electrons. The van der Waals surface area contributed by atoms with E-state index in [0.29, 0.717) is 43.0 Å². The summed E-state index contributed by atoms with van der Waals surface area (Å²) in [7, 11) is 1.51. The van der Waals surface area contributed by atoms with Crippen molar-refractivity contribution in [3.8, 4) is 17.9 Å². The van der Waals surface area contributed by atoms with E-state index in [4.69, 9.17) is 10.00 Å². The minimum atomic E-state index is -0.629. The van der Waals surface area contributed by atoms with Crippen molar-refractivity contribution < 1.29 is 18.7 Å². The van der Waals surface area contributed by atoms with Gasteiger partial charge in [-0.25, -0.2) is 14.2 Å². The van der Waals surface area contributed by atoms with E-state index in [0.717, 1.165) is 6.42 Å². The Bertz CT molecular complexity index is 1230. The van der Waals surface area contributed by atoms with E-state index >= 15 is 0 Å². The number of hydrogen-bond acceptors (Lipinski definition) is 8. The lowest BCUT2D eigenvalue weighted by Crippen LogP contribution is -2.41. The first-order valence-electron chi connectivity index (χ1n) is 12.3. The highest BCUT2D eigenvalue weighted by molar-refractivity contribution is 5.82. The first-order chi connectivity index (χ1) is 18.0. The van der Waals surface area contributed by atoms with Crippen molar-refractivity contribution in [2.24, 2.45) is 0 Å². The van der Waals surface area contributed by atoms with Gasteiger partial charge in [0, 0.05) is 32.2 Å². The van der Waals surface area contributed by atoms with Gasteiger partial charge in [-0.15, -0.1) is 0 Å². The Hall–Kier alpha value is -4.38. The van der Waals surface area contributed by atoms with Crippen molar-refractivity contribution >= 4 is 29.5 Å². The summed E-state index contributed by atoms with van der Waals surface area (Å²) in [5.41, 5.74) is 0.359. The number of nitriles is 1. The van der Waals surface area contributed by atoms with E-state index in [1.54, 1.807) is 39.1 Å². The van der Waals surface area contributed by atoms with Crippen molar-refractivity contribution in [3.63, 3.8) is 0 Å². The summed E-state index contributed by atoms with van der Waals surface area (Å²) in [5, 5.41) is 17.8. The van der Waals surface area contributed by atoms with Gasteiger partial charge < -0.3 is 25.6 Å². The number of benzene rings is 1. The standard InChI is InChI=1S/C27H34FN7O3/c1-6-13-31-24-20(17-32-25(34-24)33-21-12-11-19(16-29)22(28)15-21)10-8-7-9-14-30-23(36)18-35(5)26(37)38-27(2,3)4/h11-12,15,17H,6-7,9,13-14,18H2,1-5H3,(H,30,36)(H2,31,32,33,34). The highest BCUT2D eigenvalue weighted by Gasteiger charge is 2.20. The highest BCUT2D eigenvalue weighted by Crippen LogP contribution is 2.19. The molecule has 0 bridgehead atoms. The molecule has 0 aliphatic carbocycles. The summed E-state index contributed by atoms with van der Waals surface area (Å²) in [4.78, 5) is 34.0. The number of halogens is 1. The van der Waals surface area contributed by atoms with Crippen molar-refractivity contribution in [3.05, 3.63) is 41.3 Å². The number of likely N-dealkylation sites (N-methyl/N-ethyl adjacent to an activating group) is 1. The molecule has 10 nitrogen and oxygen atoms in total. The molecule has 3 N–H and O–H groups in total. The minimum Gasteiger partial charge on any atom is -0.444 e. The zero-order valence-electron chi connectivity index (χ0n) is 22.4. The number of nitrogens with zero attached hydrogens (tertiary/aromatic N) is 4. The molecule has 11 heteroatoms. The van der Waals surface area contributed by atoms with Crippen LogP contribution < -0.4 is 16.0 Å². The van der Waals surface area contributed by atoms with Crippen LogP contribution in [0.2, 0.25) is 0 Å². The summed E-state index contributed by atoms with van der Waals surface area (Å²) in [6.45, 7) is 8.31. The Balaban J connectivity index is 1.90. The van der Waals surface area contributed by atoms with Gasteiger partial charge in [-0.1, -0.05) is 18.8 Å². The van der Waals surface area contributed by atoms with Crippen LogP contribution in [-0.4, -0.2) is 59.2 Å². The molecule has 0 fully saturated rings. The molecule has 1 aromatic heterocycles. The highest BCUT2D eigenvalue weighted by atomic mass is 19.1. The Kier molecular flexibility index (Phi) is 11.3. The van der Waals surface area contributed by atoms with Crippen molar-refractivity contribution in [2.45, 2.75) is 52.6 Å². The number of carbonyl (C=O) groups excluding carboxylic acids is 2. The first-order valence-corrected chi connectivity index (χ1v) is 12.3. The van der Waals surface area contributed by atoms with Crippen LogP contribution >= 0.6 is 0 Å². The quantitative estimate of drug-likeness (QED) is 0.312. The van der Waals surface area contributed by atoms with Gasteiger partial charge in [0.1, 0.15) is 29.9 Å². The van der Waals surface area contributed by atoms with Gasteiger partial charge in [-0.2, -0.15) is 10.2 Å². The van der Waals surface area contributed by atoms with Crippen molar-refractivity contribution in [1.82, 2.24) is 20.2 Å². The molecular formula is C27H34FN7O3. The third-order valence-corrected chi connectivity index (χ3v) is 4.79. The van der Waals surface area contributed by atoms with Crippen molar-refractivity contribution in [1.29, 1.82) is 5.26 Å². The Morgan fingerprint density at radius 1 is 1.21 bits per heavy atom. The number of unbranched alkanes of at least 4 members (excludes halogenated alkanes) is 1. The molecule has 1 aromatic carbocycles. The summed E-state index contributed by atoms with van der Waals surface area (Å²) in [6, 6.07) is 5.95. The summed E-state index contributed by atoms with van der Waals surface area (Å²) < 4.78 is 19.1. The summed E-state index contributed by atoms with van der Waals surface area (Å²) in [6.07, 6.45) is 3.05. The maximum atomic E-state index is 13.9. The van der Waals surface area contributed by atoms with Crippen LogP contribution in [0.3, 0.4) is 0 Å². The second-order valence-electron chi connectivity index (χ2n) is 9.41. The van der Waals surface area contributed by atoms with E-state index in [9.17, 15) is 14.0 Å². The zero-order chi connectivity index (χ0) is 28.1. The number of anilines is 3. The summed E-state index contributed by atoms with van der Waals surface area (Å²) in [5.74, 6) is 6.01. The molecule has 0 radical (unpaired) electrons. The molecule has 2 amide bonds. The number of amides is 2. The average molecular weight is 524 g/mol. The second kappa shape index (κ2) is 14.4. The van der Waals surface area contributed by atoms with Crippen LogP contribution in [0.4, 0.5) is 26.6 Å². The second-order valence-corrected chi connectivity index (χ2v) is 9.41. The van der Waals surface area contributed by atoms with E-state index in [-0.39, 0.29) is 24.0 Å². The molecule has 0 saturated carbocycles. The molecule has 1 heterocycles. The van der Waals surface area contributed by atoms with Crippen LogP contribution in [0.1, 0.15) is 58.1 Å². The molecule has 0 atom stereocenters. The third kappa shape index (κ3) is 10.3. The number of nitrogens with one attached hydrogen (secondary N) is 3. The number of ether oxygens (including phenoxy) is 1. The largest absolute Gasteiger partial charge is 0.444 e. The molecule has 0 aliphatic heterocycles. The maximum absolute atomic E-state index is 13.9. The van der Waals surface area contributed by atoms with E-state index in [2.05, 4.69) is 37.8 Å². The normalized spacial score (nSPS) is 10.4. The first kappa shape index (κ1) is 29.8.